The van der Waals surface area contributed by atoms with Crippen molar-refractivity contribution in [1.82, 2.24) is 20.4 Å². The molecule has 0 fully saturated rings. The number of carbonyl (C=O) groups excluding carboxylic acids is 4. The normalized spacial score (nSPS) is 12.5. The van der Waals surface area contributed by atoms with Crippen molar-refractivity contribution in [2.75, 3.05) is 52.4 Å². The standard InChI is InChI=1S/C54H106N8O4/c1-3-5-7-9-11-13-15-17-19-21-23-25-27-29-31-37-51(63)59-43-35-47-61(53(65)49(57)39-41-55)45-33-34-46-62(54(66)50(58)40-42-56)48-36-44-60-52(64)38-32-30-28-26-24-22-20-18-16-14-12-10-8-6-4-2/h17-20,49-50H,3-16,21-48,55-58H2,1-2H3,(H,59,63)(H,60,64)/b19-17-,20-18-/t49-,50-/m0/s1. The molecule has 0 heterocycles. The third-order valence-corrected chi connectivity index (χ3v) is 12.5. The van der Waals surface area contributed by atoms with E-state index in [0.717, 1.165) is 51.4 Å². The molecule has 0 unspecified atom stereocenters. The van der Waals surface area contributed by atoms with Crippen LogP contribution in [0.25, 0.3) is 0 Å². The summed E-state index contributed by atoms with van der Waals surface area (Å²) in [6.45, 7) is 8.09. The van der Waals surface area contributed by atoms with E-state index >= 15 is 0 Å². The van der Waals surface area contributed by atoms with Gasteiger partial charge in [-0.05, 0) is 116 Å². The van der Waals surface area contributed by atoms with E-state index in [-0.39, 0.29) is 23.6 Å². The molecular weight excluding hydrogens is 825 g/mol. The van der Waals surface area contributed by atoms with Crippen LogP contribution in [0.3, 0.4) is 0 Å². The van der Waals surface area contributed by atoms with Crippen molar-refractivity contribution >= 4 is 23.6 Å². The minimum atomic E-state index is -0.676. The lowest BCUT2D eigenvalue weighted by atomic mass is 10.1. The predicted molar refractivity (Wildman–Crippen MR) is 280 cm³/mol. The maximum atomic E-state index is 13.3. The van der Waals surface area contributed by atoms with E-state index in [0.29, 0.717) is 104 Å². The Kier molecular flexibility index (Phi) is 46.6. The average Bonchev–Trinajstić information content (AvgIpc) is 3.31. The van der Waals surface area contributed by atoms with E-state index in [4.69, 9.17) is 22.9 Å². The number of allylic oxidation sites excluding steroid dienone is 4. The Hall–Kier alpha value is -2.80. The van der Waals surface area contributed by atoms with Gasteiger partial charge in [0.2, 0.25) is 23.6 Å². The van der Waals surface area contributed by atoms with Crippen molar-refractivity contribution < 1.29 is 19.2 Å². The van der Waals surface area contributed by atoms with Crippen molar-refractivity contribution in [2.45, 2.75) is 244 Å². The fourth-order valence-corrected chi connectivity index (χ4v) is 8.23. The first kappa shape index (κ1) is 63.2. The Balaban J connectivity index is 4.49. The Morgan fingerprint density at radius 1 is 0.409 bits per heavy atom. The predicted octanol–water partition coefficient (Wildman–Crippen LogP) is 9.86. The minimum Gasteiger partial charge on any atom is -0.356 e. The molecule has 0 saturated carbocycles. The summed E-state index contributed by atoms with van der Waals surface area (Å²) in [5, 5.41) is 6.06. The number of nitrogens with two attached hydrogens (primary N) is 4. The number of nitrogens with zero attached hydrogens (tertiary/aromatic N) is 2. The lowest BCUT2D eigenvalue weighted by molar-refractivity contribution is -0.134. The molecule has 0 aliphatic carbocycles. The van der Waals surface area contributed by atoms with Crippen molar-refractivity contribution in [1.29, 1.82) is 0 Å². The maximum absolute atomic E-state index is 13.3. The SMILES string of the molecule is CCCCCCCC/C=C\CCCCCCCC(=O)NCCCN(CCCCN(CCCNC(=O)CCCCCCC/C=C\CCCCCCCC)C(=O)[C@@H](N)CCN)C(=O)[C@@H](N)CCN. The maximum Gasteiger partial charge on any atom is 0.239 e. The van der Waals surface area contributed by atoms with Gasteiger partial charge in [0.15, 0.2) is 0 Å². The van der Waals surface area contributed by atoms with Crippen LogP contribution in [-0.4, -0.2) is 97.9 Å². The molecule has 66 heavy (non-hydrogen) atoms. The molecule has 0 radical (unpaired) electrons. The van der Waals surface area contributed by atoms with Crippen LogP contribution in [0.15, 0.2) is 24.3 Å². The second-order valence-corrected chi connectivity index (χ2v) is 18.8. The Morgan fingerprint density at radius 2 is 0.697 bits per heavy atom. The Bertz CT molecular complexity index is 1110. The van der Waals surface area contributed by atoms with Crippen molar-refractivity contribution in [3.8, 4) is 0 Å². The van der Waals surface area contributed by atoms with Gasteiger partial charge in [-0.15, -0.1) is 0 Å². The summed E-state index contributed by atoms with van der Waals surface area (Å²) in [5.41, 5.74) is 23.8. The monoisotopic (exact) mass is 931 g/mol. The lowest BCUT2D eigenvalue weighted by Crippen LogP contribution is -2.47. The summed E-state index contributed by atoms with van der Waals surface area (Å²) >= 11 is 0. The molecule has 0 saturated heterocycles. The first-order valence-corrected chi connectivity index (χ1v) is 27.5. The molecule has 0 bridgehead atoms. The van der Waals surface area contributed by atoms with Crippen LogP contribution in [0.2, 0.25) is 0 Å². The quantitative estimate of drug-likeness (QED) is 0.0255. The molecule has 12 heteroatoms. The molecular formula is C54H106N8O4. The van der Waals surface area contributed by atoms with Crippen LogP contribution in [0.5, 0.6) is 0 Å². The highest BCUT2D eigenvalue weighted by Gasteiger charge is 2.22. The Labute approximate surface area is 405 Å². The van der Waals surface area contributed by atoms with E-state index < -0.39 is 12.1 Å². The smallest absolute Gasteiger partial charge is 0.239 e. The molecule has 10 N–H and O–H groups in total. The summed E-state index contributed by atoms with van der Waals surface area (Å²) in [5.74, 6) is -0.173. The van der Waals surface area contributed by atoms with Gasteiger partial charge in [-0.25, -0.2) is 0 Å². The first-order valence-electron chi connectivity index (χ1n) is 27.5. The van der Waals surface area contributed by atoms with Gasteiger partial charge in [0.05, 0.1) is 12.1 Å². The molecule has 386 valence electrons. The zero-order valence-corrected chi connectivity index (χ0v) is 43.0. The van der Waals surface area contributed by atoms with Gasteiger partial charge in [0.1, 0.15) is 0 Å². The third-order valence-electron chi connectivity index (χ3n) is 12.5. The number of rotatable bonds is 49. The molecule has 0 rings (SSSR count). The van der Waals surface area contributed by atoms with Crippen LogP contribution in [-0.2, 0) is 19.2 Å². The fourth-order valence-electron chi connectivity index (χ4n) is 8.23. The summed E-state index contributed by atoms with van der Waals surface area (Å²) in [4.78, 5) is 55.2. The highest BCUT2D eigenvalue weighted by atomic mass is 16.2. The van der Waals surface area contributed by atoms with Crippen LogP contribution in [0, 0.1) is 0 Å². The molecule has 0 aromatic heterocycles. The number of hydrogen-bond acceptors (Lipinski definition) is 8. The van der Waals surface area contributed by atoms with E-state index in [1.807, 2.05) is 0 Å². The van der Waals surface area contributed by atoms with Gasteiger partial charge >= 0.3 is 0 Å². The second kappa shape index (κ2) is 48.6. The van der Waals surface area contributed by atoms with Gasteiger partial charge < -0.3 is 43.4 Å². The minimum absolute atomic E-state index is 0.0564. The van der Waals surface area contributed by atoms with E-state index in [1.165, 1.54) is 116 Å². The summed E-state index contributed by atoms with van der Waals surface area (Å²) < 4.78 is 0. The molecule has 4 amide bonds. The van der Waals surface area contributed by atoms with Crippen LogP contribution in [0.4, 0.5) is 0 Å². The van der Waals surface area contributed by atoms with Crippen molar-refractivity contribution in [2.24, 2.45) is 22.9 Å². The Morgan fingerprint density at radius 3 is 1.02 bits per heavy atom. The van der Waals surface area contributed by atoms with Crippen molar-refractivity contribution in [3.05, 3.63) is 24.3 Å². The van der Waals surface area contributed by atoms with Crippen LogP contribution >= 0.6 is 0 Å². The molecule has 0 aliphatic heterocycles. The van der Waals surface area contributed by atoms with Gasteiger partial charge in [-0.1, -0.05) is 141 Å². The highest BCUT2D eigenvalue weighted by Crippen LogP contribution is 2.13. The van der Waals surface area contributed by atoms with Gasteiger partial charge in [0.25, 0.3) is 0 Å². The van der Waals surface area contributed by atoms with Gasteiger partial charge in [-0.2, -0.15) is 0 Å². The largest absolute Gasteiger partial charge is 0.356 e. The number of amides is 4. The first-order chi connectivity index (χ1) is 32.2. The summed E-state index contributed by atoms with van der Waals surface area (Å²) in [6.07, 6.45) is 45.7. The molecule has 0 aromatic carbocycles. The fraction of sp³-hybridized carbons (Fsp3) is 0.852. The molecule has 0 aromatic rings. The zero-order chi connectivity index (χ0) is 48.6. The number of hydrogen-bond donors (Lipinski definition) is 6. The second-order valence-electron chi connectivity index (χ2n) is 18.8. The molecule has 12 nitrogen and oxygen atoms in total. The van der Waals surface area contributed by atoms with Crippen molar-refractivity contribution in [3.63, 3.8) is 0 Å². The number of nitrogens with one attached hydrogen (secondary N) is 2. The molecule has 0 spiro atoms. The van der Waals surface area contributed by atoms with Crippen LogP contribution in [0.1, 0.15) is 232 Å². The topological polar surface area (TPSA) is 203 Å². The van der Waals surface area contributed by atoms with E-state index in [1.54, 1.807) is 9.80 Å². The van der Waals surface area contributed by atoms with E-state index in [9.17, 15) is 19.2 Å². The molecule has 0 aliphatic rings. The summed E-state index contributed by atoms with van der Waals surface area (Å²) in [6, 6.07) is -1.35. The van der Waals surface area contributed by atoms with Crippen LogP contribution < -0.4 is 33.6 Å². The zero-order valence-electron chi connectivity index (χ0n) is 43.0. The average molecular weight is 931 g/mol. The van der Waals surface area contributed by atoms with Gasteiger partial charge in [-0.3, -0.25) is 19.2 Å². The molecule has 2 atom stereocenters. The lowest BCUT2D eigenvalue weighted by Gasteiger charge is -2.28. The highest BCUT2D eigenvalue weighted by molar-refractivity contribution is 5.82. The summed E-state index contributed by atoms with van der Waals surface area (Å²) in [7, 11) is 0. The number of unbranched alkanes of at least 4 members (excludes halogenated alkanes) is 23. The van der Waals surface area contributed by atoms with Gasteiger partial charge in [0, 0.05) is 52.1 Å². The van der Waals surface area contributed by atoms with E-state index in [2.05, 4.69) is 48.8 Å². The third kappa shape index (κ3) is 40.3. The number of carbonyl (C=O) groups is 4.